The zero-order valence-corrected chi connectivity index (χ0v) is 14.6. The molecule has 1 aliphatic heterocycles. The predicted molar refractivity (Wildman–Crippen MR) is 97.8 cm³/mol. The molecule has 0 aromatic heterocycles. The van der Waals surface area contributed by atoms with E-state index >= 15 is 0 Å². The van der Waals surface area contributed by atoms with E-state index in [9.17, 15) is 9.00 Å². The number of nitrogens with one attached hydrogen (secondary N) is 1. The second kappa shape index (κ2) is 7.62. The van der Waals surface area contributed by atoms with Crippen molar-refractivity contribution >= 4 is 22.4 Å². The van der Waals surface area contributed by atoms with Gasteiger partial charge in [-0.15, -0.1) is 0 Å². The van der Waals surface area contributed by atoms with E-state index in [-0.39, 0.29) is 5.91 Å². The lowest BCUT2D eigenvalue weighted by Crippen LogP contribution is -2.25. The SMILES string of the molecule is C[S@](=O)c1ccc(C(=O)NCc2ccccc2N2CCCC2)cc1. The van der Waals surface area contributed by atoms with Gasteiger partial charge < -0.3 is 10.2 Å². The molecule has 0 spiro atoms. The molecule has 126 valence electrons. The number of hydrogen-bond donors (Lipinski definition) is 1. The molecule has 1 heterocycles. The van der Waals surface area contributed by atoms with Crippen LogP contribution in [0.4, 0.5) is 5.69 Å². The van der Waals surface area contributed by atoms with E-state index in [1.807, 2.05) is 12.1 Å². The Morgan fingerprint density at radius 3 is 2.42 bits per heavy atom. The minimum atomic E-state index is -1.03. The Morgan fingerprint density at radius 1 is 1.08 bits per heavy atom. The fourth-order valence-electron chi connectivity index (χ4n) is 3.00. The zero-order chi connectivity index (χ0) is 16.9. The first-order valence-electron chi connectivity index (χ1n) is 8.20. The van der Waals surface area contributed by atoms with Gasteiger partial charge in [-0.25, -0.2) is 0 Å². The van der Waals surface area contributed by atoms with Crippen molar-refractivity contribution in [3.8, 4) is 0 Å². The standard InChI is InChI=1S/C19H22N2O2S/c1-24(23)17-10-8-15(9-11-17)19(22)20-14-16-6-2-3-7-18(16)21-12-4-5-13-21/h2-3,6-11H,4-5,12-14H2,1H3,(H,20,22)/t24-/m0/s1. The van der Waals surface area contributed by atoms with Gasteiger partial charge in [0, 0.05) is 52.8 Å². The van der Waals surface area contributed by atoms with Crippen molar-refractivity contribution in [2.24, 2.45) is 0 Å². The average Bonchev–Trinajstić information content (AvgIpc) is 3.14. The molecule has 4 nitrogen and oxygen atoms in total. The van der Waals surface area contributed by atoms with Crippen LogP contribution >= 0.6 is 0 Å². The molecule has 0 saturated carbocycles. The minimum Gasteiger partial charge on any atom is -0.371 e. The number of hydrogen-bond acceptors (Lipinski definition) is 3. The maximum Gasteiger partial charge on any atom is 0.251 e. The number of benzene rings is 2. The summed E-state index contributed by atoms with van der Waals surface area (Å²) in [6, 6.07) is 15.2. The number of nitrogens with zero attached hydrogens (tertiary/aromatic N) is 1. The van der Waals surface area contributed by atoms with Gasteiger partial charge in [0.2, 0.25) is 0 Å². The second-order valence-electron chi connectivity index (χ2n) is 5.98. The lowest BCUT2D eigenvalue weighted by Gasteiger charge is -2.21. The highest BCUT2D eigenvalue weighted by molar-refractivity contribution is 7.84. The van der Waals surface area contributed by atoms with Crippen molar-refractivity contribution < 1.29 is 9.00 Å². The molecule has 2 aromatic rings. The largest absolute Gasteiger partial charge is 0.371 e. The molecule has 1 amide bonds. The van der Waals surface area contributed by atoms with Gasteiger partial charge in [-0.1, -0.05) is 18.2 Å². The number of anilines is 1. The third-order valence-electron chi connectivity index (χ3n) is 4.33. The van der Waals surface area contributed by atoms with Gasteiger partial charge in [-0.3, -0.25) is 9.00 Å². The molecule has 1 saturated heterocycles. The number of amides is 1. The first kappa shape index (κ1) is 16.7. The Morgan fingerprint density at radius 2 is 1.75 bits per heavy atom. The van der Waals surface area contributed by atoms with Crippen molar-refractivity contribution in [2.75, 3.05) is 24.2 Å². The Bertz CT molecular complexity index is 737. The molecule has 1 aliphatic rings. The molecule has 5 heteroatoms. The van der Waals surface area contributed by atoms with E-state index < -0.39 is 10.8 Å². The molecule has 0 bridgehead atoms. The van der Waals surface area contributed by atoms with Crippen LogP contribution in [0.15, 0.2) is 53.4 Å². The minimum absolute atomic E-state index is 0.111. The highest BCUT2D eigenvalue weighted by atomic mass is 32.2. The van der Waals surface area contributed by atoms with Crippen molar-refractivity contribution in [1.29, 1.82) is 0 Å². The van der Waals surface area contributed by atoms with Gasteiger partial charge in [0.05, 0.1) is 0 Å². The first-order valence-corrected chi connectivity index (χ1v) is 9.75. The van der Waals surface area contributed by atoms with Crippen LogP contribution in [0.3, 0.4) is 0 Å². The van der Waals surface area contributed by atoms with Crippen LogP contribution in [-0.2, 0) is 17.3 Å². The maximum atomic E-state index is 12.3. The molecule has 2 aromatic carbocycles. The summed E-state index contributed by atoms with van der Waals surface area (Å²) in [5.74, 6) is -0.111. The zero-order valence-electron chi connectivity index (χ0n) is 13.8. The smallest absolute Gasteiger partial charge is 0.251 e. The molecule has 1 atom stereocenters. The molecule has 3 rings (SSSR count). The van der Waals surface area contributed by atoms with Gasteiger partial charge >= 0.3 is 0 Å². The van der Waals surface area contributed by atoms with E-state index in [2.05, 4.69) is 22.3 Å². The normalized spacial score (nSPS) is 15.3. The Kier molecular flexibility index (Phi) is 5.30. The maximum absolute atomic E-state index is 12.3. The van der Waals surface area contributed by atoms with Crippen molar-refractivity contribution in [3.05, 3.63) is 59.7 Å². The number of rotatable bonds is 5. The summed E-state index contributed by atoms with van der Waals surface area (Å²) in [5, 5.41) is 2.99. The average molecular weight is 342 g/mol. The van der Waals surface area contributed by atoms with Gasteiger partial charge in [0.1, 0.15) is 0 Å². The van der Waals surface area contributed by atoms with E-state index in [1.54, 1.807) is 30.5 Å². The Balaban J connectivity index is 1.67. The summed E-state index contributed by atoms with van der Waals surface area (Å²) in [6.45, 7) is 2.67. The van der Waals surface area contributed by atoms with Crippen LogP contribution < -0.4 is 10.2 Å². The molecule has 24 heavy (non-hydrogen) atoms. The Hall–Kier alpha value is -2.14. The third-order valence-corrected chi connectivity index (χ3v) is 5.26. The number of carbonyl (C=O) groups excluding carboxylic acids is 1. The summed E-state index contributed by atoms with van der Waals surface area (Å²) in [7, 11) is -1.03. The van der Waals surface area contributed by atoms with Crippen LogP contribution in [0, 0.1) is 0 Å². The highest BCUT2D eigenvalue weighted by Gasteiger charge is 2.15. The van der Waals surface area contributed by atoms with Gasteiger partial charge in [0.15, 0.2) is 0 Å². The van der Waals surface area contributed by atoms with Gasteiger partial charge in [0.25, 0.3) is 5.91 Å². The highest BCUT2D eigenvalue weighted by Crippen LogP contribution is 2.24. The molecular formula is C19H22N2O2S. The van der Waals surface area contributed by atoms with Gasteiger partial charge in [-0.2, -0.15) is 0 Å². The second-order valence-corrected chi connectivity index (χ2v) is 7.36. The summed E-state index contributed by atoms with van der Waals surface area (Å²) in [6.07, 6.45) is 4.09. The molecule has 0 radical (unpaired) electrons. The lowest BCUT2D eigenvalue weighted by atomic mass is 10.1. The monoisotopic (exact) mass is 342 g/mol. The van der Waals surface area contributed by atoms with Crippen LogP contribution in [0.2, 0.25) is 0 Å². The van der Waals surface area contributed by atoms with Crippen molar-refractivity contribution in [2.45, 2.75) is 24.3 Å². The Labute approximate surface area is 145 Å². The van der Waals surface area contributed by atoms with E-state index in [1.165, 1.54) is 18.5 Å². The number of carbonyl (C=O) groups is 1. The van der Waals surface area contributed by atoms with Crippen LogP contribution in [-0.4, -0.2) is 29.5 Å². The van der Waals surface area contributed by atoms with Crippen molar-refractivity contribution in [3.63, 3.8) is 0 Å². The summed E-state index contributed by atoms with van der Waals surface area (Å²) >= 11 is 0. The molecule has 1 N–H and O–H groups in total. The van der Waals surface area contributed by atoms with Crippen LogP contribution in [0.5, 0.6) is 0 Å². The van der Waals surface area contributed by atoms with Crippen LogP contribution in [0.25, 0.3) is 0 Å². The third kappa shape index (κ3) is 3.85. The quantitative estimate of drug-likeness (QED) is 0.909. The topological polar surface area (TPSA) is 49.4 Å². The molecule has 0 unspecified atom stereocenters. The van der Waals surface area contributed by atoms with E-state index in [0.717, 1.165) is 23.5 Å². The van der Waals surface area contributed by atoms with Crippen molar-refractivity contribution in [1.82, 2.24) is 5.32 Å². The number of para-hydroxylation sites is 1. The fraction of sp³-hybridized carbons (Fsp3) is 0.316. The lowest BCUT2D eigenvalue weighted by molar-refractivity contribution is 0.0951. The fourth-order valence-corrected chi connectivity index (χ4v) is 3.52. The summed E-state index contributed by atoms with van der Waals surface area (Å²) < 4.78 is 11.4. The van der Waals surface area contributed by atoms with E-state index in [0.29, 0.717) is 12.1 Å². The molecular weight excluding hydrogens is 320 g/mol. The van der Waals surface area contributed by atoms with E-state index in [4.69, 9.17) is 0 Å². The van der Waals surface area contributed by atoms with Crippen LogP contribution in [0.1, 0.15) is 28.8 Å². The predicted octanol–water partition coefficient (Wildman–Crippen LogP) is 2.95. The summed E-state index contributed by atoms with van der Waals surface area (Å²) in [5.41, 5.74) is 2.94. The molecule has 1 fully saturated rings. The van der Waals surface area contributed by atoms with Gasteiger partial charge in [-0.05, 0) is 48.7 Å². The molecule has 0 aliphatic carbocycles. The summed E-state index contributed by atoms with van der Waals surface area (Å²) in [4.78, 5) is 15.4. The first-order chi connectivity index (χ1) is 11.6.